The predicted octanol–water partition coefficient (Wildman–Crippen LogP) is 1.29. The van der Waals surface area contributed by atoms with E-state index in [0.717, 1.165) is 0 Å². The predicted molar refractivity (Wildman–Crippen MR) is 62.6 cm³/mol. The molecule has 0 fully saturated rings. The first-order valence-corrected chi connectivity index (χ1v) is 5.75. The Kier molecular flexibility index (Phi) is 2.93. The van der Waals surface area contributed by atoms with Crippen LogP contribution < -0.4 is 4.43 Å². The molecule has 0 amide bonds. The van der Waals surface area contributed by atoms with Crippen molar-refractivity contribution >= 4 is 27.0 Å². The molecular formula is C10H9BrN2O3. The number of para-hydroxylation sites is 2. The summed E-state index contributed by atoms with van der Waals surface area (Å²) in [6.07, 6.45) is 0. The van der Waals surface area contributed by atoms with Crippen molar-refractivity contribution in [3.05, 3.63) is 45.8 Å². The first-order valence-electron chi connectivity index (χ1n) is 4.63. The number of aliphatic hydroxyl groups is 1. The van der Waals surface area contributed by atoms with Gasteiger partial charge in [0.2, 0.25) is 0 Å². The van der Waals surface area contributed by atoms with Gasteiger partial charge in [-0.25, -0.2) is 0 Å². The van der Waals surface area contributed by atoms with Gasteiger partial charge >= 0.3 is 0 Å². The summed E-state index contributed by atoms with van der Waals surface area (Å²) >= 11 is 3.14. The molecule has 0 saturated heterocycles. The van der Waals surface area contributed by atoms with Crippen molar-refractivity contribution in [3.63, 3.8) is 0 Å². The number of rotatable bonds is 2. The fraction of sp³-hybridized carbons (Fsp3) is 0.200. The molecule has 0 radical (unpaired) electrons. The molecule has 0 bridgehead atoms. The van der Waals surface area contributed by atoms with E-state index in [1.54, 1.807) is 24.3 Å². The van der Waals surface area contributed by atoms with Crippen LogP contribution in [0.4, 0.5) is 0 Å². The van der Waals surface area contributed by atoms with Crippen molar-refractivity contribution in [3.8, 4) is 0 Å². The van der Waals surface area contributed by atoms with Gasteiger partial charge in [0.15, 0.2) is 0 Å². The lowest BCUT2D eigenvalue weighted by molar-refractivity contribution is -0.479. The Labute approximate surface area is 99.3 Å². The molecule has 0 aliphatic heterocycles. The van der Waals surface area contributed by atoms with Crippen LogP contribution in [0.2, 0.25) is 0 Å². The van der Waals surface area contributed by atoms with Crippen molar-refractivity contribution in [2.24, 2.45) is 0 Å². The summed E-state index contributed by atoms with van der Waals surface area (Å²) in [6, 6.07) is 6.48. The van der Waals surface area contributed by atoms with E-state index in [1.165, 1.54) is 0 Å². The number of aromatic nitrogens is 2. The van der Waals surface area contributed by atoms with Gasteiger partial charge in [0.05, 0.1) is 10.1 Å². The van der Waals surface area contributed by atoms with Gasteiger partial charge in [0.1, 0.15) is 12.1 Å². The van der Waals surface area contributed by atoms with Gasteiger partial charge in [-0.3, -0.25) is 0 Å². The molecule has 6 heteroatoms. The zero-order valence-electron chi connectivity index (χ0n) is 8.26. The number of hydrogen-bond donors (Lipinski definition) is 1. The van der Waals surface area contributed by atoms with Gasteiger partial charge in [-0.05, 0) is 6.07 Å². The monoisotopic (exact) mass is 284 g/mol. The van der Waals surface area contributed by atoms with E-state index in [1.807, 2.05) is 0 Å². The minimum Gasteiger partial charge on any atom is -0.805 e. The summed E-state index contributed by atoms with van der Waals surface area (Å²) in [7, 11) is 0. The van der Waals surface area contributed by atoms with Gasteiger partial charge in [-0.2, -0.15) is 0 Å². The van der Waals surface area contributed by atoms with Crippen molar-refractivity contribution in [1.29, 1.82) is 0 Å². The van der Waals surface area contributed by atoms with Crippen molar-refractivity contribution < 1.29 is 9.53 Å². The zero-order chi connectivity index (χ0) is 11.7. The molecule has 0 aliphatic carbocycles. The number of nitrogens with zero attached hydrogens (tertiary/aromatic N) is 2. The topological polar surface area (TPSA) is 71.2 Å². The lowest BCUT2D eigenvalue weighted by Crippen LogP contribution is -2.27. The summed E-state index contributed by atoms with van der Waals surface area (Å²) in [5, 5.41) is 21.3. The second kappa shape index (κ2) is 4.23. The Balaban J connectivity index is 2.99. The maximum absolute atomic E-state index is 11.9. The van der Waals surface area contributed by atoms with Crippen LogP contribution in [0.25, 0.3) is 11.0 Å². The molecular weight excluding hydrogens is 276 g/mol. The fourth-order valence-electron chi connectivity index (χ4n) is 1.62. The molecule has 84 valence electrons. The Hall–Kier alpha value is -1.40. The van der Waals surface area contributed by atoms with E-state index in [4.69, 9.17) is 5.11 Å². The molecule has 0 aliphatic rings. The third kappa shape index (κ3) is 1.50. The van der Waals surface area contributed by atoms with Crippen LogP contribution in [0.3, 0.4) is 0 Å². The van der Waals surface area contributed by atoms with Crippen molar-refractivity contribution in [1.82, 2.24) is 4.73 Å². The largest absolute Gasteiger partial charge is 0.805 e. The average Bonchev–Trinajstić information content (AvgIpc) is 2.33. The Bertz CT molecular complexity index is 594. The summed E-state index contributed by atoms with van der Waals surface area (Å²) in [4.78, 5) is 11.9. The zero-order valence-corrected chi connectivity index (χ0v) is 9.85. The summed E-state index contributed by atoms with van der Waals surface area (Å²) in [6.45, 7) is -0.461. The SMILES string of the molecule is O=[n+]1c(CO)c(CBr)n([O-])c2ccccc21. The molecule has 16 heavy (non-hydrogen) atoms. The number of benzene rings is 1. The fourth-order valence-corrected chi connectivity index (χ4v) is 2.17. The van der Waals surface area contributed by atoms with Gasteiger partial charge < -0.3 is 15.0 Å². The van der Waals surface area contributed by atoms with Gasteiger partial charge in [0.25, 0.3) is 11.2 Å². The lowest BCUT2D eigenvalue weighted by Gasteiger charge is -2.16. The molecule has 0 unspecified atom stereocenters. The Morgan fingerprint density at radius 3 is 2.75 bits per heavy atom. The minimum absolute atomic E-state index is 0.0746. The second-order valence-electron chi connectivity index (χ2n) is 3.26. The first-order chi connectivity index (χ1) is 7.70. The highest BCUT2D eigenvalue weighted by Crippen LogP contribution is 2.16. The third-order valence-corrected chi connectivity index (χ3v) is 2.95. The van der Waals surface area contributed by atoms with E-state index < -0.39 is 6.61 Å². The van der Waals surface area contributed by atoms with Gasteiger partial charge in [0, 0.05) is 16.3 Å². The highest BCUT2D eigenvalue weighted by Gasteiger charge is 2.20. The van der Waals surface area contributed by atoms with E-state index in [-0.39, 0.29) is 22.2 Å². The number of halogens is 1. The molecule has 2 aromatic rings. The highest BCUT2D eigenvalue weighted by atomic mass is 79.9. The molecule has 1 heterocycles. The Morgan fingerprint density at radius 2 is 2.12 bits per heavy atom. The van der Waals surface area contributed by atoms with Crippen molar-refractivity contribution in [2.45, 2.75) is 11.9 Å². The number of alkyl halides is 1. The van der Waals surface area contributed by atoms with Crippen LogP contribution in [-0.2, 0) is 11.9 Å². The number of aliphatic hydroxyl groups excluding tert-OH is 1. The van der Waals surface area contributed by atoms with Crippen molar-refractivity contribution in [2.75, 3.05) is 0 Å². The molecule has 1 aromatic carbocycles. The van der Waals surface area contributed by atoms with Gasteiger partial charge in [-0.15, -0.1) is 0 Å². The Morgan fingerprint density at radius 1 is 1.44 bits per heavy atom. The summed E-state index contributed by atoms with van der Waals surface area (Å²) in [5.74, 6) is 0. The normalized spacial score (nSPS) is 10.9. The second-order valence-corrected chi connectivity index (χ2v) is 3.82. The van der Waals surface area contributed by atoms with Crippen LogP contribution in [-0.4, -0.2) is 9.84 Å². The third-order valence-electron chi connectivity index (χ3n) is 2.42. The quantitative estimate of drug-likeness (QED) is 0.667. The standard InChI is InChI=1S/C10H9BrN2O3/c11-5-9-10(6-14)13(16)8-4-2-1-3-7(8)12(9)15/h1-4,14H,5-6H2. The number of fused-ring (bicyclic) bond motifs is 1. The van der Waals surface area contributed by atoms with Crippen LogP contribution >= 0.6 is 15.9 Å². The maximum atomic E-state index is 11.9. The van der Waals surface area contributed by atoms with Crippen LogP contribution in [0.15, 0.2) is 24.3 Å². The van der Waals surface area contributed by atoms with E-state index in [0.29, 0.717) is 14.7 Å². The molecule has 1 N–H and O–H groups in total. The summed E-state index contributed by atoms with van der Waals surface area (Å²) in [5.41, 5.74) is 0.858. The first kappa shape index (κ1) is 11.1. The molecule has 1 aromatic heterocycles. The molecule has 0 saturated carbocycles. The molecule has 5 nitrogen and oxygen atoms in total. The average molecular weight is 285 g/mol. The van der Waals surface area contributed by atoms with E-state index >= 15 is 0 Å². The van der Waals surface area contributed by atoms with E-state index in [9.17, 15) is 10.1 Å². The summed E-state index contributed by atoms with van der Waals surface area (Å²) < 4.78 is 1.27. The van der Waals surface area contributed by atoms with Crippen LogP contribution in [0.5, 0.6) is 0 Å². The lowest BCUT2D eigenvalue weighted by atomic mass is 10.2. The highest BCUT2D eigenvalue weighted by molar-refractivity contribution is 9.08. The number of hydrogen-bond acceptors (Lipinski definition) is 3. The smallest absolute Gasteiger partial charge is 0.286 e. The molecule has 0 atom stereocenters. The van der Waals surface area contributed by atoms with Gasteiger partial charge in [-0.1, -0.05) is 28.1 Å². The van der Waals surface area contributed by atoms with Crippen LogP contribution in [0.1, 0.15) is 11.4 Å². The van der Waals surface area contributed by atoms with E-state index in [2.05, 4.69) is 15.9 Å². The minimum atomic E-state index is -0.461. The van der Waals surface area contributed by atoms with Crippen LogP contribution in [0, 0.1) is 10.1 Å². The molecule has 2 rings (SSSR count). The maximum Gasteiger partial charge on any atom is 0.286 e. The molecule has 0 spiro atoms.